The number of aliphatic hydroxyl groups excluding tert-OH is 1. The maximum absolute atomic E-state index is 9.72. The third kappa shape index (κ3) is 4.24. The molecule has 1 aliphatic carbocycles. The number of carboxylic acid groups (broad SMARTS) is 1. The molecule has 2 N–H and O–H groups in total. The summed E-state index contributed by atoms with van der Waals surface area (Å²) in [7, 11) is 0. The Balaban J connectivity index is 0.000000526. The number of morpholine rings is 1. The minimum Gasteiger partial charge on any atom is -0.483 e. The smallest absolute Gasteiger partial charge is 0.290 e. The summed E-state index contributed by atoms with van der Waals surface area (Å²) in [6, 6.07) is 0. The van der Waals surface area contributed by atoms with Crippen molar-refractivity contribution in [3.05, 3.63) is 11.1 Å². The van der Waals surface area contributed by atoms with Crippen molar-refractivity contribution in [3.63, 3.8) is 0 Å². The Bertz CT molecular complexity index is 521. The Kier molecular flexibility index (Phi) is 6.04. The summed E-state index contributed by atoms with van der Waals surface area (Å²) >= 11 is 1.82. The van der Waals surface area contributed by atoms with Gasteiger partial charge >= 0.3 is 0 Å². The van der Waals surface area contributed by atoms with Gasteiger partial charge in [0.25, 0.3) is 6.47 Å². The lowest BCUT2D eigenvalue weighted by molar-refractivity contribution is -0.122. The van der Waals surface area contributed by atoms with Gasteiger partial charge in [0, 0.05) is 43.8 Å². The number of anilines is 1. The number of nitrogens with zero attached hydrogens (tertiary/aromatic N) is 3. The maximum Gasteiger partial charge on any atom is 0.290 e. The highest BCUT2D eigenvalue weighted by Gasteiger charge is 2.40. The molecule has 3 aliphatic rings. The Morgan fingerprint density at radius 1 is 1.29 bits per heavy atom. The van der Waals surface area contributed by atoms with Crippen LogP contribution in [0.25, 0.3) is 0 Å². The van der Waals surface area contributed by atoms with E-state index in [0.29, 0.717) is 11.8 Å². The molecule has 7 nitrogen and oxygen atoms in total. The molecule has 3 heterocycles. The zero-order valence-electron chi connectivity index (χ0n) is 13.7. The van der Waals surface area contributed by atoms with E-state index in [2.05, 4.69) is 14.8 Å². The van der Waals surface area contributed by atoms with E-state index < -0.39 is 0 Å². The molecular weight excluding hydrogens is 330 g/mol. The van der Waals surface area contributed by atoms with Crippen LogP contribution in [0.15, 0.2) is 6.20 Å². The molecule has 134 valence electrons. The number of fused-ring (bicyclic) bond motifs is 1. The van der Waals surface area contributed by atoms with Gasteiger partial charge < -0.3 is 19.8 Å². The summed E-state index contributed by atoms with van der Waals surface area (Å²) in [5, 5.41) is 17.7. The first-order valence-electron chi connectivity index (χ1n) is 8.45. The van der Waals surface area contributed by atoms with Gasteiger partial charge in [-0.2, -0.15) is 0 Å². The number of hydrogen-bond acceptors (Lipinski definition) is 7. The second kappa shape index (κ2) is 8.24. The third-order valence-electron chi connectivity index (χ3n) is 5.00. The van der Waals surface area contributed by atoms with Gasteiger partial charge in [-0.3, -0.25) is 9.69 Å². The van der Waals surface area contributed by atoms with Crippen LogP contribution in [-0.4, -0.2) is 72.1 Å². The van der Waals surface area contributed by atoms with E-state index in [1.807, 2.05) is 17.5 Å². The summed E-state index contributed by atoms with van der Waals surface area (Å²) in [4.78, 5) is 19.2. The lowest BCUT2D eigenvalue weighted by Gasteiger charge is -2.26. The maximum atomic E-state index is 9.72. The summed E-state index contributed by atoms with van der Waals surface area (Å²) in [6.45, 7) is 6.60. The van der Waals surface area contributed by atoms with Crippen molar-refractivity contribution in [1.29, 1.82) is 0 Å². The number of aliphatic hydroxyl groups is 1. The van der Waals surface area contributed by atoms with Crippen molar-refractivity contribution < 1.29 is 19.7 Å². The topological polar surface area (TPSA) is 86.1 Å². The number of ether oxygens (including phenoxy) is 1. The highest BCUT2D eigenvalue weighted by atomic mass is 32.1. The summed E-state index contributed by atoms with van der Waals surface area (Å²) < 4.78 is 5.39. The van der Waals surface area contributed by atoms with E-state index >= 15 is 0 Å². The SMILES string of the molecule is O=CO.OC1C[C@@H]2CN(Cc3cnc(N4CCOCC4)s3)C[C@@H]2C1. The Hall–Kier alpha value is -1.22. The fraction of sp³-hybridized carbons (Fsp3) is 0.750. The first kappa shape index (κ1) is 17.6. The van der Waals surface area contributed by atoms with Gasteiger partial charge in [-0.1, -0.05) is 0 Å². The number of hydrogen-bond donors (Lipinski definition) is 2. The molecule has 0 spiro atoms. The summed E-state index contributed by atoms with van der Waals surface area (Å²) in [5.41, 5.74) is 0. The normalized spacial score (nSPS) is 29.9. The molecule has 0 amide bonds. The molecule has 2 saturated heterocycles. The van der Waals surface area contributed by atoms with Crippen molar-refractivity contribution in [2.45, 2.75) is 25.5 Å². The second-order valence-corrected chi connectivity index (χ2v) is 7.75. The van der Waals surface area contributed by atoms with Crippen LogP contribution in [0.5, 0.6) is 0 Å². The summed E-state index contributed by atoms with van der Waals surface area (Å²) in [6.07, 6.45) is 4.00. The van der Waals surface area contributed by atoms with Gasteiger partial charge in [-0.15, -0.1) is 11.3 Å². The molecular formula is C16H25N3O4S. The van der Waals surface area contributed by atoms with Gasteiger partial charge in [-0.25, -0.2) is 4.98 Å². The highest BCUT2D eigenvalue weighted by Crippen LogP contribution is 2.39. The molecule has 8 heteroatoms. The molecule has 1 aromatic rings. The van der Waals surface area contributed by atoms with E-state index in [9.17, 15) is 5.11 Å². The monoisotopic (exact) mass is 355 g/mol. The van der Waals surface area contributed by atoms with Crippen LogP contribution >= 0.6 is 11.3 Å². The van der Waals surface area contributed by atoms with E-state index in [-0.39, 0.29) is 12.6 Å². The molecule has 0 bridgehead atoms. The second-order valence-electron chi connectivity index (χ2n) is 6.65. The van der Waals surface area contributed by atoms with Crippen LogP contribution in [-0.2, 0) is 16.1 Å². The van der Waals surface area contributed by atoms with Crippen molar-refractivity contribution in [2.75, 3.05) is 44.3 Å². The molecule has 2 aliphatic heterocycles. The van der Waals surface area contributed by atoms with Crippen molar-refractivity contribution in [1.82, 2.24) is 9.88 Å². The van der Waals surface area contributed by atoms with E-state index in [0.717, 1.165) is 63.9 Å². The molecule has 1 unspecified atom stereocenters. The standard InChI is InChI=1S/C15H23N3O2S.CH2O2/c19-13-5-11-8-17(9-12(11)6-13)10-14-7-16-15(21-14)18-1-3-20-4-2-18;2-1-3/h7,11-13,19H,1-6,8-10H2;1H,(H,2,3)/t11-,12+,13?;. The van der Waals surface area contributed by atoms with Crippen LogP contribution in [0.1, 0.15) is 17.7 Å². The number of thiazole rings is 1. The zero-order chi connectivity index (χ0) is 16.9. The van der Waals surface area contributed by atoms with Crippen molar-refractivity contribution in [2.24, 2.45) is 11.8 Å². The first-order valence-corrected chi connectivity index (χ1v) is 9.27. The van der Waals surface area contributed by atoms with Crippen LogP contribution in [0, 0.1) is 11.8 Å². The molecule has 3 fully saturated rings. The predicted molar refractivity (Wildman–Crippen MR) is 91.3 cm³/mol. The van der Waals surface area contributed by atoms with Crippen molar-refractivity contribution >= 4 is 22.9 Å². The minimum atomic E-state index is -0.250. The van der Waals surface area contributed by atoms with E-state index in [4.69, 9.17) is 14.6 Å². The van der Waals surface area contributed by atoms with Crippen LogP contribution in [0.3, 0.4) is 0 Å². The molecule has 24 heavy (non-hydrogen) atoms. The van der Waals surface area contributed by atoms with Gasteiger partial charge in [-0.05, 0) is 24.7 Å². The number of likely N-dealkylation sites (tertiary alicyclic amines) is 1. The zero-order valence-corrected chi connectivity index (χ0v) is 14.5. The quantitative estimate of drug-likeness (QED) is 0.779. The molecule has 4 rings (SSSR count). The number of carbonyl (C=O) groups is 1. The Morgan fingerprint density at radius 2 is 1.92 bits per heavy atom. The number of rotatable bonds is 3. The minimum absolute atomic E-state index is 0.0431. The van der Waals surface area contributed by atoms with Crippen LogP contribution in [0.4, 0.5) is 5.13 Å². The van der Waals surface area contributed by atoms with Gasteiger partial charge in [0.2, 0.25) is 0 Å². The fourth-order valence-corrected chi connectivity index (χ4v) is 4.99. The largest absolute Gasteiger partial charge is 0.483 e. The lowest BCUT2D eigenvalue weighted by atomic mass is 10.0. The molecule has 0 radical (unpaired) electrons. The highest BCUT2D eigenvalue weighted by molar-refractivity contribution is 7.15. The van der Waals surface area contributed by atoms with Crippen molar-refractivity contribution in [3.8, 4) is 0 Å². The molecule has 0 aromatic carbocycles. The fourth-order valence-electron chi connectivity index (χ4n) is 3.99. The van der Waals surface area contributed by atoms with E-state index in [1.54, 1.807) is 0 Å². The average Bonchev–Trinajstić information content (AvgIpc) is 3.24. The van der Waals surface area contributed by atoms with Crippen LogP contribution < -0.4 is 4.90 Å². The average molecular weight is 355 g/mol. The first-order chi connectivity index (χ1) is 11.7. The molecule has 3 atom stereocenters. The molecule has 1 aromatic heterocycles. The predicted octanol–water partition coefficient (Wildman–Crippen LogP) is 0.883. The summed E-state index contributed by atoms with van der Waals surface area (Å²) in [5.74, 6) is 1.43. The molecule has 1 saturated carbocycles. The Morgan fingerprint density at radius 3 is 2.54 bits per heavy atom. The van der Waals surface area contributed by atoms with Gasteiger partial charge in [0.1, 0.15) is 0 Å². The van der Waals surface area contributed by atoms with Crippen LogP contribution in [0.2, 0.25) is 0 Å². The third-order valence-corrected chi connectivity index (χ3v) is 6.05. The number of aromatic nitrogens is 1. The van der Waals surface area contributed by atoms with E-state index in [1.165, 1.54) is 4.88 Å². The Labute approximate surface area is 145 Å². The van der Waals surface area contributed by atoms with Gasteiger partial charge in [0.05, 0.1) is 19.3 Å². The van der Waals surface area contributed by atoms with Gasteiger partial charge in [0.15, 0.2) is 5.13 Å². The lowest BCUT2D eigenvalue weighted by Crippen LogP contribution is -2.36.